The van der Waals surface area contributed by atoms with Crippen LogP contribution in [0.2, 0.25) is 0 Å². The van der Waals surface area contributed by atoms with Crippen LogP contribution in [0.25, 0.3) is 0 Å². The molecule has 4 heteroatoms. The highest BCUT2D eigenvalue weighted by Gasteiger charge is 2.05. The fraction of sp³-hybridized carbons (Fsp3) is 1.00. The van der Waals surface area contributed by atoms with E-state index in [9.17, 15) is 0 Å². The lowest BCUT2D eigenvalue weighted by Crippen LogP contribution is -2.25. The minimum Gasteiger partial charge on any atom is -0.396 e. The van der Waals surface area contributed by atoms with E-state index >= 15 is 0 Å². The van der Waals surface area contributed by atoms with Crippen molar-refractivity contribution in [1.29, 1.82) is 0 Å². The number of aliphatic hydroxyl groups is 2. The number of nitrogens with one attached hydrogen (secondary N) is 1. The van der Waals surface area contributed by atoms with Crippen molar-refractivity contribution in [2.24, 2.45) is 11.8 Å². The summed E-state index contributed by atoms with van der Waals surface area (Å²) in [7, 11) is 0. The van der Waals surface area contributed by atoms with Crippen LogP contribution in [-0.4, -0.2) is 30.0 Å². The summed E-state index contributed by atoms with van der Waals surface area (Å²) >= 11 is 0. The van der Waals surface area contributed by atoms with E-state index < -0.39 is 0 Å². The molecule has 0 radical (unpaired) electrons. The third kappa shape index (κ3) is 6.25. The Morgan fingerprint density at radius 1 is 1.09 bits per heavy atom. The summed E-state index contributed by atoms with van der Waals surface area (Å²) in [5.41, 5.74) is 2.55. The van der Waals surface area contributed by atoms with E-state index in [0.29, 0.717) is 5.92 Å². The van der Waals surface area contributed by atoms with Gasteiger partial charge in [-0.25, -0.2) is 0 Å². The molecule has 11 heavy (non-hydrogen) atoms. The summed E-state index contributed by atoms with van der Waals surface area (Å²) in [6.45, 7) is 1.12. The van der Waals surface area contributed by atoms with E-state index in [2.05, 4.69) is 5.43 Å². The maximum atomic E-state index is 8.63. The van der Waals surface area contributed by atoms with Crippen LogP contribution >= 0.6 is 0 Å². The van der Waals surface area contributed by atoms with E-state index in [4.69, 9.17) is 16.1 Å². The van der Waals surface area contributed by atoms with Crippen LogP contribution in [0.5, 0.6) is 0 Å². The van der Waals surface area contributed by atoms with E-state index in [1.54, 1.807) is 0 Å². The molecule has 5 N–H and O–H groups in total. The zero-order chi connectivity index (χ0) is 8.53. The van der Waals surface area contributed by atoms with Crippen LogP contribution < -0.4 is 11.3 Å². The minimum atomic E-state index is 0.190. The third-order valence-corrected chi connectivity index (χ3v) is 1.77. The predicted molar refractivity (Wildman–Crippen MR) is 43.7 cm³/mol. The average molecular weight is 162 g/mol. The molecule has 0 aliphatic carbocycles. The second-order valence-corrected chi connectivity index (χ2v) is 2.63. The van der Waals surface area contributed by atoms with Crippen LogP contribution in [0.4, 0.5) is 0 Å². The molecule has 0 bridgehead atoms. The van der Waals surface area contributed by atoms with Crippen molar-refractivity contribution in [2.75, 3.05) is 19.8 Å². The van der Waals surface area contributed by atoms with Gasteiger partial charge in [0, 0.05) is 19.8 Å². The van der Waals surface area contributed by atoms with E-state index in [-0.39, 0.29) is 13.2 Å². The van der Waals surface area contributed by atoms with E-state index in [0.717, 1.165) is 25.8 Å². The first-order valence-electron chi connectivity index (χ1n) is 4.00. The normalized spacial score (nSPS) is 10.9. The van der Waals surface area contributed by atoms with Gasteiger partial charge >= 0.3 is 0 Å². The molecule has 0 heterocycles. The number of aliphatic hydroxyl groups excluding tert-OH is 2. The molecule has 0 saturated carbocycles. The van der Waals surface area contributed by atoms with Crippen LogP contribution in [0.3, 0.4) is 0 Å². The second kappa shape index (κ2) is 7.94. The maximum absolute atomic E-state index is 8.63. The first kappa shape index (κ1) is 10.8. The lowest BCUT2D eigenvalue weighted by atomic mass is 9.98. The summed E-state index contributed by atoms with van der Waals surface area (Å²) < 4.78 is 0. The van der Waals surface area contributed by atoms with Crippen LogP contribution in [0.15, 0.2) is 0 Å². The van der Waals surface area contributed by atoms with Crippen molar-refractivity contribution >= 4 is 0 Å². The number of rotatable bonds is 7. The molecule has 4 nitrogen and oxygen atoms in total. The Hall–Kier alpha value is -0.160. The van der Waals surface area contributed by atoms with Crippen LogP contribution in [-0.2, 0) is 0 Å². The third-order valence-electron chi connectivity index (χ3n) is 1.77. The molecule has 0 rings (SSSR count). The molecule has 0 spiro atoms. The van der Waals surface area contributed by atoms with Crippen LogP contribution in [0, 0.1) is 5.92 Å². The molecular formula is C7H18N2O2. The summed E-state index contributed by atoms with van der Waals surface area (Å²) in [4.78, 5) is 0. The predicted octanol–water partition coefficient (Wildman–Crippen LogP) is -0.779. The average Bonchev–Trinajstić information content (AvgIpc) is 2.01. The van der Waals surface area contributed by atoms with Gasteiger partial charge in [0.05, 0.1) is 0 Å². The Labute approximate surface area is 67.4 Å². The van der Waals surface area contributed by atoms with Gasteiger partial charge in [-0.05, 0) is 25.2 Å². The van der Waals surface area contributed by atoms with Gasteiger partial charge in [-0.15, -0.1) is 0 Å². The molecule has 0 fully saturated rings. The first-order chi connectivity index (χ1) is 5.35. The fourth-order valence-corrected chi connectivity index (χ4v) is 1.09. The highest BCUT2D eigenvalue weighted by atomic mass is 16.3. The number of hydrazine groups is 1. The monoisotopic (exact) mass is 162 g/mol. The van der Waals surface area contributed by atoms with Crippen molar-refractivity contribution in [3.8, 4) is 0 Å². The smallest absolute Gasteiger partial charge is 0.0433 e. The number of nitrogens with two attached hydrogens (primary N) is 1. The van der Waals surface area contributed by atoms with Crippen molar-refractivity contribution in [2.45, 2.75) is 19.3 Å². The maximum Gasteiger partial charge on any atom is 0.0433 e. The molecule has 0 aromatic carbocycles. The van der Waals surface area contributed by atoms with Gasteiger partial charge in [-0.1, -0.05) is 0 Å². The second-order valence-electron chi connectivity index (χ2n) is 2.63. The summed E-state index contributed by atoms with van der Waals surface area (Å²) in [5, 5.41) is 17.3. The zero-order valence-corrected chi connectivity index (χ0v) is 6.79. The minimum absolute atomic E-state index is 0.190. The van der Waals surface area contributed by atoms with Gasteiger partial charge in [-0.3, -0.25) is 11.3 Å². The van der Waals surface area contributed by atoms with Gasteiger partial charge in [0.1, 0.15) is 0 Å². The van der Waals surface area contributed by atoms with Crippen molar-refractivity contribution in [3.05, 3.63) is 0 Å². The summed E-state index contributed by atoms with van der Waals surface area (Å²) in [6, 6.07) is 0. The molecule has 68 valence electrons. The molecule has 0 aromatic rings. The van der Waals surface area contributed by atoms with Gasteiger partial charge in [0.25, 0.3) is 0 Å². The summed E-state index contributed by atoms with van der Waals surface area (Å²) in [6.07, 6.45) is 2.42. The van der Waals surface area contributed by atoms with Gasteiger partial charge in [0.2, 0.25) is 0 Å². The molecule has 0 aliphatic rings. The fourth-order valence-electron chi connectivity index (χ4n) is 1.09. The van der Waals surface area contributed by atoms with Crippen molar-refractivity contribution in [1.82, 2.24) is 5.43 Å². The van der Waals surface area contributed by atoms with E-state index in [1.807, 2.05) is 0 Å². The highest BCUT2D eigenvalue weighted by molar-refractivity contribution is 4.59. The molecule has 0 saturated heterocycles. The molecule has 0 aliphatic heterocycles. The molecule has 0 amide bonds. The van der Waals surface area contributed by atoms with Gasteiger partial charge in [0.15, 0.2) is 0 Å². The molecule has 0 atom stereocenters. The molecule has 0 aromatic heterocycles. The Morgan fingerprint density at radius 2 is 1.64 bits per heavy atom. The Kier molecular flexibility index (Phi) is 7.83. The lowest BCUT2D eigenvalue weighted by Gasteiger charge is -2.13. The standard InChI is InChI=1S/C7H18N2O2/c8-9-4-1-7(2-5-10)3-6-11/h7,9-11H,1-6,8H2. The first-order valence-corrected chi connectivity index (χ1v) is 4.00. The molecular weight excluding hydrogens is 144 g/mol. The number of hydrogen-bond donors (Lipinski definition) is 4. The van der Waals surface area contributed by atoms with Crippen molar-refractivity contribution < 1.29 is 10.2 Å². The van der Waals surface area contributed by atoms with Gasteiger partial charge in [-0.2, -0.15) is 0 Å². The van der Waals surface area contributed by atoms with Gasteiger partial charge < -0.3 is 10.2 Å². The highest BCUT2D eigenvalue weighted by Crippen LogP contribution is 2.11. The quantitative estimate of drug-likeness (QED) is 0.292. The zero-order valence-electron chi connectivity index (χ0n) is 6.79. The molecule has 0 unspecified atom stereocenters. The number of hydrogen-bond acceptors (Lipinski definition) is 4. The Morgan fingerprint density at radius 3 is 2.00 bits per heavy atom. The Balaban J connectivity index is 3.34. The topological polar surface area (TPSA) is 78.5 Å². The summed E-state index contributed by atoms with van der Waals surface area (Å²) in [5.74, 6) is 5.48. The van der Waals surface area contributed by atoms with Crippen LogP contribution in [0.1, 0.15) is 19.3 Å². The lowest BCUT2D eigenvalue weighted by molar-refractivity contribution is 0.209. The Bertz CT molecular complexity index is 74.8. The SMILES string of the molecule is NNCCC(CCO)CCO. The largest absolute Gasteiger partial charge is 0.396 e. The van der Waals surface area contributed by atoms with E-state index in [1.165, 1.54) is 0 Å². The van der Waals surface area contributed by atoms with Crippen molar-refractivity contribution in [3.63, 3.8) is 0 Å².